The normalized spacial score (nSPS) is 17.3. The summed E-state index contributed by atoms with van der Waals surface area (Å²) in [5, 5.41) is 2.11. The first-order valence-electron chi connectivity index (χ1n) is 7.97. The molecule has 2 aromatic rings. The van der Waals surface area contributed by atoms with Crippen molar-refractivity contribution in [3.63, 3.8) is 0 Å². The second-order valence-electron chi connectivity index (χ2n) is 5.56. The highest BCUT2D eigenvalue weighted by molar-refractivity contribution is 7.10. The van der Waals surface area contributed by atoms with Gasteiger partial charge in [-0.3, -0.25) is 4.79 Å². The Morgan fingerprint density at radius 2 is 2.22 bits per heavy atom. The summed E-state index contributed by atoms with van der Waals surface area (Å²) in [4.78, 5) is 15.9. The first kappa shape index (κ1) is 15.8. The quantitative estimate of drug-likeness (QED) is 0.783. The average Bonchev–Trinajstić information content (AvgIpc) is 3.04. The summed E-state index contributed by atoms with van der Waals surface area (Å²) < 4.78 is 5.60. The Kier molecular flexibility index (Phi) is 4.82. The number of hydrogen-bond acceptors (Lipinski definition) is 3. The van der Waals surface area contributed by atoms with Crippen molar-refractivity contribution in [2.24, 2.45) is 0 Å². The van der Waals surface area contributed by atoms with Crippen LogP contribution in [-0.2, 0) is 11.2 Å². The van der Waals surface area contributed by atoms with Gasteiger partial charge in [0.15, 0.2) is 0 Å². The van der Waals surface area contributed by atoms with Gasteiger partial charge in [-0.25, -0.2) is 0 Å². The van der Waals surface area contributed by atoms with E-state index in [4.69, 9.17) is 4.74 Å². The van der Waals surface area contributed by atoms with Crippen LogP contribution in [0, 0.1) is 0 Å². The van der Waals surface area contributed by atoms with E-state index in [9.17, 15) is 4.79 Å². The summed E-state index contributed by atoms with van der Waals surface area (Å²) in [6.45, 7) is 5.46. The van der Waals surface area contributed by atoms with Gasteiger partial charge < -0.3 is 9.64 Å². The Morgan fingerprint density at radius 1 is 1.39 bits per heavy atom. The lowest BCUT2D eigenvalue weighted by Crippen LogP contribution is -2.37. The fraction of sp³-hybridized carbons (Fsp3) is 0.316. The molecule has 2 heterocycles. The molecule has 120 valence electrons. The molecule has 0 fully saturated rings. The maximum atomic E-state index is 12.6. The number of para-hydroxylation sites is 1. The predicted octanol–water partition coefficient (Wildman–Crippen LogP) is 4.31. The Bertz CT molecular complexity index is 720. The van der Waals surface area contributed by atoms with Gasteiger partial charge in [0.1, 0.15) is 5.75 Å². The van der Waals surface area contributed by atoms with Gasteiger partial charge in [0.05, 0.1) is 12.6 Å². The van der Waals surface area contributed by atoms with Crippen LogP contribution in [0.15, 0.2) is 41.8 Å². The summed E-state index contributed by atoms with van der Waals surface area (Å²) in [6.07, 6.45) is 4.46. The molecule has 0 radical (unpaired) electrons. The molecule has 23 heavy (non-hydrogen) atoms. The van der Waals surface area contributed by atoms with Crippen LogP contribution < -0.4 is 4.74 Å². The molecule has 1 aliphatic heterocycles. The molecule has 1 aromatic heterocycles. The second-order valence-corrected chi connectivity index (χ2v) is 6.56. The lowest BCUT2D eigenvalue weighted by Gasteiger charge is -2.32. The number of thiophene rings is 1. The average molecular weight is 327 g/mol. The van der Waals surface area contributed by atoms with Crippen molar-refractivity contribution in [1.29, 1.82) is 0 Å². The number of benzene rings is 1. The summed E-state index contributed by atoms with van der Waals surface area (Å²) >= 11 is 1.79. The molecule has 0 bridgehead atoms. The van der Waals surface area contributed by atoms with Crippen LogP contribution in [0.5, 0.6) is 5.75 Å². The SMILES string of the molecule is CCOc1ccccc1/C=C/C(=O)N1CCc2sccc2[C@@H]1C. The monoisotopic (exact) mass is 327 g/mol. The van der Waals surface area contributed by atoms with E-state index in [0.29, 0.717) is 6.61 Å². The number of carbonyl (C=O) groups is 1. The minimum absolute atomic E-state index is 0.0562. The van der Waals surface area contributed by atoms with Gasteiger partial charge in [0.25, 0.3) is 0 Å². The zero-order valence-electron chi connectivity index (χ0n) is 13.5. The molecule has 3 rings (SSSR count). The third-order valence-electron chi connectivity index (χ3n) is 4.18. The fourth-order valence-corrected chi connectivity index (χ4v) is 3.94. The van der Waals surface area contributed by atoms with Crippen LogP contribution in [0.2, 0.25) is 0 Å². The molecule has 0 saturated heterocycles. The lowest BCUT2D eigenvalue weighted by molar-refractivity contribution is -0.128. The molecule has 1 amide bonds. The van der Waals surface area contributed by atoms with Crippen LogP contribution in [0.1, 0.15) is 35.9 Å². The highest BCUT2D eigenvalue weighted by Crippen LogP contribution is 2.33. The van der Waals surface area contributed by atoms with Gasteiger partial charge in [-0.1, -0.05) is 18.2 Å². The fourth-order valence-electron chi connectivity index (χ4n) is 2.97. The zero-order valence-corrected chi connectivity index (χ0v) is 14.3. The first-order valence-corrected chi connectivity index (χ1v) is 8.85. The molecule has 3 nitrogen and oxygen atoms in total. The van der Waals surface area contributed by atoms with Crippen molar-refractivity contribution < 1.29 is 9.53 Å². The molecular weight excluding hydrogens is 306 g/mol. The number of fused-ring (bicyclic) bond motifs is 1. The Hall–Kier alpha value is -2.07. The van der Waals surface area contributed by atoms with E-state index in [2.05, 4.69) is 18.4 Å². The minimum atomic E-state index is 0.0562. The summed E-state index contributed by atoms with van der Waals surface area (Å²) in [6, 6.07) is 10.1. The van der Waals surface area contributed by atoms with Gasteiger partial charge in [0, 0.05) is 23.1 Å². The molecular formula is C19H21NO2S. The van der Waals surface area contributed by atoms with Gasteiger partial charge >= 0.3 is 0 Å². The molecule has 1 atom stereocenters. The van der Waals surface area contributed by atoms with Crippen molar-refractivity contribution in [3.8, 4) is 5.75 Å². The van der Waals surface area contributed by atoms with E-state index in [1.807, 2.05) is 42.2 Å². The lowest BCUT2D eigenvalue weighted by atomic mass is 10.0. The van der Waals surface area contributed by atoms with E-state index >= 15 is 0 Å². The summed E-state index contributed by atoms with van der Waals surface area (Å²) in [5.41, 5.74) is 2.22. The topological polar surface area (TPSA) is 29.5 Å². The van der Waals surface area contributed by atoms with Crippen molar-refractivity contribution in [1.82, 2.24) is 4.90 Å². The largest absolute Gasteiger partial charge is 0.493 e. The number of ether oxygens (including phenoxy) is 1. The van der Waals surface area contributed by atoms with Crippen LogP contribution in [0.25, 0.3) is 6.08 Å². The molecule has 0 spiro atoms. The molecule has 1 aliphatic rings. The van der Waals surface area contributed by atoms with Crippen LogP contribution >= 0.6 is 11.3 Å². The van der Waals surface area contributed by atoms with Crippen LogP contribution in [-0.4, -0.2) is 24.0 Å². The van der Waals surface area contributed by atoms with Gasteiger partial charge in [-0.05, 0) is 49.4 Å². The van der Waals surface area contributed by atoms with E-state index in [0.717, 1.165) is 24.3 Å². The zero-order chi connectivity index (χ0) is 16.2. The van der Waals surface area contributed by atoms with Gasteiger partial charge in [-0.15, -0.1) is 11.3 Å². The molecule has 0 saturated carbocycles. The molecule has 0 N–H and O–H groups in total. The van der Waals surface area contributed by atoms with Crippen LogP contribution in [0.4, 0.5) is 0 Å². The Labute approximate surface area is 141 Å². The third kappa shape index (κ3) is 3.32. The van der Waals surface area contributed by atoms with Gasteiger partial charge in [0.2, 0.25) is 5.91 Å². The number of amides is 1. The smallest absolute Gasteiger partial charge is 0.247 e. The van der Waals surface area contributed by atoms with Crippen molar-refractivity contribution in [2.75, 3.05) is 13.2 Å². The minimum Gasteiger partial charge on any atom is -0.493 e. The highest BCUT2D eigenvalue weighted by Gasteiger charge is 2.26. The Balaban J connectivity index is 1.75. The maximum absolute atomic E-state index is 12.6. The van der Waals surface area contributed by atoms with E-state index in [-0.39, 0.29) is 11.9 Å². The van der Waals surface area contributed by atoms with E-state index in [1.54, 1.807) is 17.4 Å². The van der Waals surface area contributed by atoms with Crippen molar-refractivity contribution in [3.05, 3.63) is 57.8 Å². The molecule has 0 aliphatic carbocycles. The summed E-state index contributed by atoms with van der Waals surface area (Å²) in [7, 11) is 0. The van der Waals surface area contributed by atoms with Crippen molar-refractivity contribution >= 4 is 23.3 Å². The molecule has 4 heteroatoms. The maximum Gasteiger partial charge on any atom is 0.247 e. The van der Waals surface area contributed by atoms with Crippen molar-refractivity contribution in [2.45, 2.75) is 26.3 Å². The van der Waals surface area contributed by atoms with Gasteiger partial charge in [-0.2, -0.15) is 0 Å². The Morgan fingerprint density at radius 3 is 3.04 bits per heavy atom. The number of rotatable bonds is 4. The number of carbonyl (C=O) groups excluding carboxylic acids is 1. The molecule has 0 unspecified atom stereocenters. The first-order chi connectivity index (χ1) is 11.2. The second kappa shape index (κ2) is 7.01. The highest BCUT2D eigenvalue weighted by atomic mass is 32.1. The van der Waals surface area contributed by atoms with Crippen LogP contribution in [0.3, 0.4) is 0 Å². The number of hydrogen-bond donors (Lipinski definition) is 0. The molecule has 1 aromatic carbocycles. The predicted molar refractivity (Wildman–Crippen MR) is 94.8 cm³/mol. The third-order valence-corrected chi connectivity index (χ3v) is 5.18. The van der Waals surface area contributed by atoms with E-state index in [1.165, 1.54) is 10.4 Å². The van der Waals surface area contributed by atoms with E-state index < -0.39 is 0 Å². The summed E-state index contributed by atoms with van der Waals surface area (Å²) in [5.74, 6) is 0.867. The number of nitrogens with zero attached hydrogens (tertiary/aromatic N) is 1. The standard InChI is InChI=1S/C19H21NO2S/c1-3-22-17-7-5-4-6-15(17)8-9-19(21)20-12-10-18-16(14(20)2)11-13-23-18/h4-9,11,13-14H,3,10,12H2,1-2H3/b9-8+/t14-/m0/s1.